The van der Waals surface area contributed by atoms with Crippen LogP contribution < -0.4 is 10.6 Å². The minimum absolute atomic E-state index is 0.0654. The zero-order valence-electron chi connectivity index (χ0n) is 10.6. The molecule has 0 aromatic heterocycles. The number of likely N-dealkylation sites (N-methyl/N-ethyl adjacent to an activating group) is 1. The molecule has 0 saturated carbocycles. The van der Waals surface area contributed by atoms with Crippen LogP contribution in [0.5, 0.6) is 0 Å². The molecule has 1 aromatic rings. The molecule has 98 valence electrons. The third-order valence-electron chi connectivity index (χ3n) is 2.50. The molecule has 1 aromatic carbocycles. The molecule has 0 saturated heterocycles. The lowest BCUT2D eigenvalue weighted by Crippen LogP contribution is -2.45. The Morgan fingerprint density at radius 3 is 2.67 bits per heavy atom. The molecule has 18 heavy (non-hydrogen) atoms. The van der Waals surface area contributed by atoms with Gasteiger partial charge in [-0.15, -0.1) is 0 Å². The average Bonchev–Trinajstić information content (AvgIpc) is 2.33. The maximum atomic E-state index is 11.8. The molecule has 3 N–H and O–H groups in total. The summed E-state index contributed by atoms with van der Waals surface area (Å²) in [5.41, 5.74) is 1.53. The third kappa shape index (κ3) is 4.18. The first kappa shape index (κ1) is 14.2. The van der Waals surface area contributed by atoms with E-state index in [1.165, 1.54) is 0 Å². The van der Waals surface area contributed by atoms with Crippen molar-refractivity contribution in [3.05, 3.63) is 35.4 Å². The highest BCUT2D eigenvalue weighted by Crippen LogP contribution is 2.03. The monoisotopic (exact) mass is 250 g/mol. The molecule has 1 rings (SSSR count). The summed E-state index contributed by atoms with van der Waals surface area (Å²) < 4.78 is 0. The van der Waals surface area contributed by atoms with Gasteiger partial charge in [0.2, 0.25) is 0 Å². The predicted octanol–water partition coefficient (Wildman–Crippen LogP) is 0.788. The van der Waals surface area contributed by atoms with Crippen molar-refractivity contribution < 1.29 is 14.7 Å². The van der Waals surface area contributed by atoms with Crippen molar-refractivity contribution in [1.29, 1.82) is 0 Å². The number of aryl methyl sites for hydroxylation is 1. The summed E-state index contributed by atoms with van der Waals surface area (Å²) in [6.45, 7) is 4.32. The van der Waals surface area contributed by atoms with E-state index in [-0.39, 0.29) is 12.5 Å². The van der Waals surface area contributed by atoms with E-state index < -0.39 is 12.0 Å². The summed E-state index contributed by atoms with van der Waals surface area (Å²) in [7, 11) is 0. The topological polar surface area (TPSA) is 78.4 Å². The van der Waals surface area contributed by atoms with Crippen LogP contribution in [0.3, 0.4) is 0 Å². The van der Waals surface area contributed by atoms with E-state index in [0.717, 1.165) is 5.56 Å². The van der Waals surface area contributed by atoms with Crippen molar-refractivity contribution in [3.8, 4) is 0 Å². The van der Waals surface area contributed by atoms with Crippen molar-refractivity contribution >= 4 is 11.9 Å². The fourth-order valence-electron chi connectivity index (χ4n) is 1.58. The molecule has 0 aliphatic carbocycles. The van der Waals surface area contributed by atoms with E-state index in [2.05, 4.69) is 10.6 Å². The Kier molecular flexibility index (Phi) is 5.32. The van der Waals surface area contributed by atoms with Crippen LogP contribution in [-0.4, -0.2) is 36.1 Å². The Morgan fingerprint density at radius 1 is 1.39 bits per heavy atom. The number of carbonyl (C=O) groups is 2. The molecule has 0 fully saturated rings. The average molecular weight is 250 g/mol. The standard InChI is InChI=1S/C13H18N2O3/c1-3-14-11(13(17)18)8-15-12(16)10-6-4-5-9(2)7-10/h4-7,11,14H,3,8H2,1-2H3,(H,15,16)(H,17,18)/t11-/m1/s1. The normalized spacial score (nSPS) is 11.9. The van der Waals surface area contributed by atoms with Crippen molar-refractivity contribution in [2.45, 2.75) is 19.9 Å². The summed E-state index contributed by atoms with van der Waals surface area (Å²) in [5.74, 6) is -1.23. The van der Waals surface area contributed by atoms with Gasteiger partial charge >= 0.3 is 5.97 Å². The summed E-state index contributed by atoms with van der Waals surface area (Å²) >= 11 is 0. The number of nitrogens with one attached hydrogen (secondary N) is 2. The molecular weight excluding hydrogens is 232 g/mol. The largest absolute Gasteiger partial charge is 0.480 e. The number of carboxylic acid groups (broad SMARTS) is 1. The van der Waals surface area contributed by atoms with Crippen LogP contribution in [0.1, 0.15) is 22.8 Å². The van der Waals surface area contributed by atoms with E-state index in [4.69, 9.17) is 5.11 Å². The lowest BCUT2D eigenvalue weighted by molar-refractivity contribution is -0.139. The third-order valence-corrected chi connectivity index (χ3v) is 2.50. The molecule has 0 bridgehead atoms. The Balaban J connectivity index is 2.57. The molecule has 0 aliphatic heterocycles. The second-order valence-electron chi connectivity index (χ2n) is 4.03. The molecule has 1 atom stereocenters. The van der Waals surface area contributed by atoms with Gasteiger partial charge in [-0.25, -0.2) is 0 Å². The van der Waals surface area contributed by atoms with Crippen LogP contribution in [0, 0.1) is 6.92 Å². The Morgan fingerprint density at radius 2 is 2.11 bits per heavy atom. The maximum absolute atomic E-state index is 11.8. The Bertz CT molecular complexity index is 432. The highest BCUT2D eigenvalue weighted by atomic mass is 16.4. The highest BCUT2D eigenvalue weighted by molar-refractivity contribution is 5.94. The maximum Gasteiger partial charge on any atom is 0.322 e. The predicted molar refractivity (Wildman–Crippen MR) is 68.6 cm³/mol. The fourth-order valence-corrected chi connectivity index (χ4v) is 1.58. The van der Waals surface area contributed by atoms with Crippen LogP contribution in [0.4, 0.5) is 0 Å². The number of carboxylic acids is 1. The highest BCUT2D eigenvalue weighted by Gasteiger charge is 2.17. The van der Waals surface area contributed by atoms with Crippen LogP contribution >= 0.6 is 0 Å². The van der Waals surface area contributed by atoms with Gasteiger partial charge in [-0.1, -0.05) is 24.6 Å². The van der Waals surface area contributed by atoms with E-state index in [0.29, 0.717) is 12.1 Å². The van der Waals surface area contributed by atoms with Gasteiger partial charge < -0.3 is 15.7 Å². The van der Waals surface area contributed by atoms with Gasteiger partial charge in [0.25, 0.3) is 5.91 Å². The summed E-state index contributed by atoms with van der Waals surface area (Å²) in [6, 6.07) is 6.39. The van der Waals surface area contributed by atoms with Crippen molar-refractivity contribution in [2.75, 3.05) is 13.1 Å². The molecule has 1 amide bonds. The van der Waals surface area contributed by atoms with Gasteiger partial charge in [0, 0.05) is 12.1 Å². The van der Waals surface area contributed by atoms with E-state index in [1.807, 2.05) is 19.9 Å². The first-order valence-corrected chi connectivity index (χ1v) is 5.85. The van der Waals surface area contributed by atoms with Gasteiger partial charge in [0.1, 0.15) is 6.04 Å². The van der Waals surface area contributed by atoms with Gasteiger partial charge in [-0.05, 0) is 25.6 Å². The van der Waals surface area contributed by atoms with E-state index in [1.54, 1.807) is 18.2 Å². The zero-order chi connectivity index (χ0) is 13.5. The second kappa shape index (κ2) is 6.76. The van der Waals surface area contributed by atoms with Gasteiger partial charge in [-0.2, -0.15) is 0 Å². The molecule has 0 radical (unpaired) electrons. The first-order valence-electron chi connectivity index (χ1n) is 5.85. The smallest absolute Gasteiger partial charge is 0.322 e. The minimum atomic E-state index is -0.971. The van der Waals surface area contributed by atoms with Crippen molar-refractivity contribution in [1.82, 2.24) is 10.6 Å². The van der Waals surface area contributed by atoms with Crippen LogP contribution in [0.25, 0.3) is 0 Å². The van der Waals surface area contributed by atoms with Gasteiger partial charge in [0.15, 0.2) is 0 Å². The quantitative estimate of drug-likeness (QED) is 0.697. The summed E-state index contributed by atoms with van der Waals surface area (Å²) in [5, 5.41) is 14.3. The number of rotatable bonds is 6. The number of aliphatic carboxylic acids is 1. The molecule has 5 heteroatoms. The minimum Gasteiger partial charge on any atom is -0.480 e. The molecule has 0 unspecified atom stereocenters. The SMILES string of the molecule is CCN[C@H](CNC(=O)c1cccc(C)c1)C(=O)O. The molecule has 0 aliphatic rings. The summed E-state index contributed by atoms with van der Waals surface area (Å²) in [4.78, 5) is 22.7. The number of amides is 1. The van der Waals surface area contributed by atoms with Crippen LogP contribution in [-0.2, 0) is 4.79 Å². The van der Waals surface area contributed by atoms with Crippen LogP contribution in [0.15, 0.2) is 24.3 Å². The van der Waals surface area contributed by atoms with Gasteiger partial charge in [-0.3, -0.25) is 9.59 Å². The number of hydrogen-bond donors (Lipinski definition) is 3. The first-order chi connectivity index (χ1) is 8.54. The van der Waals surface area contributed by atoms with Crippen molar-refractivity contribution in [3.63, 3.8) is 0 Å². The second-order valence-corrected chi connectivity index (χ2v) is 4.03. The molecular formula is C13H18N2O3. The summed E-state index contributed by atoms with van der Waals surface area (Å²) in [6.07, 6.45) is 0. The van der Waals surface area contributed by atoms with Crippen molar-refractivity contribution in [2.24, 2.45) is 0 Å². The molecule has 0 heterocycles. The number of benzene rings is 1. The molecule has 0 spiro atoms. The zero-order valence-corrected chi connectivity index (χ0v) is 10.6. The Labute approximate surface area is 106 Å². The number of hydrogen-bond acceptors (Lipinski definition) is 3. The lowest BCUT2D eigenvalue weighted by Gasteiger charge is -2.14. The number of carbonyl (C=O) groups excluding carboxylic acids is 1. The molecule has 5 nitrogen and oxygen atoms in total. The van der Waals surface area contributed by atoms with Crippen LogP contribution in [0.2, 0.25) is 0 Å². The van der Waals surface area contributed by atoms with Gasteiger partial charge in [0.05, 0.1) is 0 Å². The Hall–Kier alpha value is -1.88. The van der Waals surface area contributed by atoms with E-state index in [9.17, 15) is 9.59 Å². The lowest BCUT2D eigenvalue weighted by atomic mass is 10.1. The fraction of sp³-hybridized carbons (Fsp3) is 0.385. The van der Waals surface area contributed by atoms with E-state index >= 15 is 0 Å².